The number of hydrogen-bond donors (Lipinski definition) is 1. The van der Waals surface area contributed by atoms with Gasteiger partial charge in [-0.3, -0.25) is 4.79 Å². The van der Waals surface area contributed by atoms with Crippen LogP contribution in [-0.2, 0) is 4.79 Å². The quantitative estimate of drug-likeness (QED) is 0.912. The highest BCUT2D eigenvalue weighted by Gasteiger charge is 2.15. The number of benzene rings is 1. The van der Waals surface area contributed by atoms with Gasteiger partial charge in [-0.05, 0) is 12.1 Å². The molecule has 1 aliphatic heterocycles. The van der Waals surface area contributed by atoms with Gasteiger partial charge in [0.1, 0.15) is 0 Å². The van der Waals surface area contributed by atoms with E-state index in [9.17, 15) is 9.18 Å². The minimum atomic E-state index is -0.396. The number of amides is 1. The van der Waals surface area contributed by atoms with Crippen molar-refractivity contribution in [3.05, 3.63) is 30.1 Å². The molecule has 1 fully saturated rings. The highest BCUT2D eigenvalue weighted by Crippen LogP contribution is 2.15. The Morgan fingerprint density at radius 2 is 2.00 bits per heavy atom. The Hall–Kier alpha value is -1.33. The van der Waals surface area contributed by atoms with E-state index in [1.54, 1.807) is 23.1 Å². The second-order valence-corrected chi connectivity index (χ2v) is 4.16. The van der Waals surface area contributed by atoms with Crippen molar-refractivity contribution < 1.29 is 13.9 Å². The number of hydrogen-bond acceptors (Lipinski definition) is 3. The molecule has 0 aromatic heterocycles. The molecule has 1 aliphatic rings. The van der Waals surface area contributed by atoms with Crippen molar-refractivity contribution in [2.24, 2.45) is 0 Å². The number of piperazine rings is 1. The van der Waals surface area contributed by atoms with E-state index in [0.29, 0.717) is 0 Å². The van der Waals surface area contributed by atoms with Crippen molar-refractivity contribution >= 4 is 18.3 Å². The minimum Gasteiger partial charge on any atom is -0.490 e. The molecule has 0 saturated carbocycles. The predicted octanol–water partition coefficient (Wildman–Crippen LogP) is 1.45. The van der Waals surface area contributed by atoms with Crippen LogP contribution in [0.4, 0.5) is 4.39 Å². The monoisotopic (exact) mass is 288 g/mol. The zero-order valence-electron chi connectivity index (χ0n) is 10.6. The molecular formula is C13H18ClFN2O2. The standard InChI is InChI=1S/C13H17FN2O2.ClH/c14-11-3-1-2-4-12(11)18-10-5-13(17)16-8-6-15-7-9-16;/h1-4,15H,5-10H2;1H. The maximum absolute atomic E-state index is 13.2. The van der Waals surface area contributed by atoms with Gasteiger partial charge < -0.3 is 15.0 Å². The van der Waals surface area contributed by atoms with E-state index in [2.05, 4.69) is 5.32 Å². The lowest BCUT2D eigenvalue weighted by atomic mass is 10.3. The predicted molar refractivity (Wildman–Crippen MR) is 73.2 cm³/mol. The zero-order valence-corrected chi connectivity index (χ0v) is 11.4. The highest BCUT2D eigenvalue weighted by atomic mass is 35.5. The molecule has 1 aromatic rings. The first-order valence-electron chi connectivity index (χ1n) is 6.13. The Bertz CT molecular complexity index is 411. The number of halogens is 2. The van der Waals surface area contributed by atoms with Crippen molar-refractivity contribution in [2.45, 2.75) is 6.42 Å². The topological polar surface area (TPSA) is 41.6 Å². The molecule has 106 valence electrons. The summed E-state index contributed by atoms with van der Waals surface area (Å²) < 4.78 is 18.5. The highest BCUT2D eigenvalue weighted by molar-refractivity contribution is 5.85. The molecule has 19 heavy (non-hydrogen) atoms. The van der Waals surface area contributed by atoms with Crippen LogP contribution < -0.4 is 10.1 Å². The molecule has 1 amide bonds. The minimum absolute atomic E-state index is 0. The van der Waals surface area contributed by atoms with Crippen LogP contribution in [-0.4, -0.2) is 43.6 Å². The van der Waals surface area contributed by atoms with Gasteiger partial charge in [0.15, 0.2) is 11.6 Å². The molecule has 4 nitrogen and oxygen atoms in total. The van der Waals surface area contributed by atoms with Gasteiger partial charge in [0.25, 0.3) is 0 Å². The number of para-hydroxylation sites is 1. The van der Waals surface area contributed by atoms with Crippen LogP contribution >= 0.6 is 12.4 Å². The lowest BCUT2D eigenvalue weighted by Crippen LogP contribution is -2.46. The number of carbonyl (C=O) groups is 1. The first-order valence-corrected chi connectivity index (χ1v) is 6.13. The molecule has 0 spiro atoms. The fourth-order valence-corrected chi connectivity index (χ4v) is 1.88. The van der Waals surface area contributed by atoms with E-state index in [0.717, 1.165) is 26.2 Å². The molecule has 1 N–H and O–H groups in total. The van der Waals surface area contributed by atoms with Gasteiger partial charge in [-0.15, -0.1) is 12.4 Å². The number of carbonyl (C=O) groups excluding carboxylic acids is 1. The Morgan fingerprint density at radius 1 is 1.32 bits per heavy atom. The molecule has 0 unspecified atom stereocenters. The molecule has 0 radical (unpaired) electrons. The summed E-state index contributed by atoms with van der Waals surface area (Å²) in [6.45, 7) is 3.35. The molecule has 2 rings (SSSR count). The zero-order chi connectivity index (χ0) is 12.8. The van der Waals surface area contributed by atoms with Crippen LogP contribution in [0.15, 0.2) is 24.3 Å². The van der Waals surface area contributed by atoms with Gasteiger partial charge in [0, 0.05) is 26.2 Å². The van der Waals surface area contributed by atoms with Gasteiger partial charge in [0.2, 0.25) is 5.91 Å². The summed E-state index contributed by atoms with van der Waals surface area (Å²) in [4.78, 5) is 13.6. The SMILES string of the molecule is Cl.O=C(CCOc1ccccc1F)N1CCNCC1. The largest absolute Gasteiger partial charge is 0.490 e. The van der Waals surface area contributed by atoms with Crippen molar-refractivity contribution in [1.29, 1.82) is 0 Å². The molecule has 1 aromatic carbocycles. The normalized spacial score (nSPS) is 14.7. The third-order valence-electron chi connectivity index (χ3n) is 2.88. The van der Waals surface area contributed by atoms with E-state index < -0.39 is 5.82 Å². The first kappa shape index (κ1) is 15.7. The van der Waals surface area contributed by atoms with Crippen molar-refractivity contribution in [1.82, 2.24) is 10.2 Å². The van der Waals surface area contributed by atoms with Crippen LogP contribution in [0.1, 0.15) is 6.42 Å². The van der Waals surface area contributed by atoms with Crippen LogP contribution in [0.2, 0.25) is 0 Å². The Kier molecular flexibility index (Phi) is 6.59. The fourth-order valence-electron chi connectivity index (χ4n) is 1.88. The number of ether oxygens (including phenoxy) is 1. The van der Waals surface area contributed by atoms with Crippen molar-refractivity contribution in [2.75, 3.05) is 32.8 Å². The second-order valence-electron chi connectivity index (χ2n) is 4.16. The third kappa shape index (κ3) is 4.69. The molecule has 0 aliphatic carbocycles. The van der Waals surface area contributed by atoms with E-state index in [1.165, 1.54) is 6.07 Å². The van der Waals surface area contributed by atoms with Gasteiger partial charge in [-0.1, -0.05) is 12.1 Å². The molecule has 1 heterocycles. The maximum atomic E-state index is 13.2. The van der Waals surface area contributed by atoms with Crippen molar-refractivity contribution in [3.63, 3.8) is 0 Å². The second kappa shape index (κ2) is 7.96. The van der Waals surface area contributed by atoms with Crippen LogP contribution in [0.3, 0.4) is 0 Å². The molecule has 0 atom stereocenters. The average molecular weight is 289 g/mol. The van der Waals surface area contributed by atoms with Crippen LogP contribution in [0, 0.1) is 5.82 Å². The first-order chi connectivity index (χ1) is 8.77. The van der Waals surface area contributed by atoms with Gasteiger partial charge in [-0.2, -0.15) is 0 Å². The van der Waals surface area contributed by atoms with Gasteiger partial charge in [0.05, 0.1) is 13.0 Å². The summed E-state index contributed by atoms with van der Waals surface area (Å²) >= 11 is 0. The summed E-state index contributed by atoms with van der Waals surface area (Å²) in [5.41, 5.74) is 0. The van der Waals surface area contributed by atoms with Gasteiger partial charge >= 0.3 is 0 Å². The number of nitrogens with zero attached hydrogens (tertiary/aromatic N) is 1. The lowest BCUT2D eigenvalue weighted by molar-refractivity contribution is -0.132. The Balaban J connectivity index is 0.00000180. The Labute approximate surface area is 118 Å². The van der Waals surface area contributed by atoms with Crippen molar-refractivity contribution in [3.8, 4) is 5.75 Å². The molecule has 0 bridgehead atoms. The van der Waals surface area contributed by atoms with E-state index in [1.807, 2.05) is 0 Å². The van der Waals surface area contributed by atoms with E-state index in [-0.39, 0.29) is 37.1 Å². The third-order valence-corrected chi connectivity index (χ3v) is 2.88. The summed E-state index contributed by atoms with van der Waals surface area (Å²) in [6.07, 6.45) is 0.286. The summed E-state index contributed by atoms with van der Waals surface area (Å²) in [7, 11) is 0. The Morgan fingerprint density at radius 3 is 2.68 bits per heavy atom. The van der Waals surface area contributed by atoms with Crippen LogP contribution in [0.25, 0.3) is 0 Å². The molecule has 6 heteroatoms. The van der Waals surface area contributed by atoms with E-state index >= 15 is 0 Å². The van der Waals surface area contributed by atoms with E-state index in [4.69, 9.17) is 4.74 Å². The molecule has 1 saturated heterocycles. The van der Waals surface area contributed by atoms with Crippen LogP contribution in [0.5, 0.6) is 5.75 Å². The maximum Gasteiger partial charge on any atom is 0.226 e. The number of nitrogens with one attached hydrogen (secondary N) is 1. The fraction of sp³-hybridized carbons (Fsp3) is 0.462. The average Bonchev–Trinajstić information content (AvgIpc) is 2.42. The van der Waals surface area contributed by atoms with Gasteiger partial charge in [-0.25, -0.2) is 4.39 Å². The number of rotatable bonds is 4. The smallest absolute Gasteiger partial charge is 0.226 e. The lowest BCUT2D eigenvalue weighted by Gasteiger charge is -2.27. The molecular weight excluding hydrogens is 271 g/mol. The summed E-state index contributed by atoms with van der Waals surface area (Å²) in [5.74, 6) is -0.134. The summed E-state index contributed by atoms with van der Waals surface area (Å²) in [6, 6.07) is 6.21. The summed E-state index contributed by atoms with van der Waals surface area (Å²) in [5, 5.41) is 3.18.